The molecule has 3 aromatic rings. The molecule has 0 saturated carbocycles. The second-order valence-corrected chi connectivity index (χ2v) is 5.21. The van der Waals surface area contributed by atoms with Crippen LogP contribution < -0.4 is 20.1 Å². The number of carbonyl (C=O) groups is 1. The van der Waals surface area contributed by atoms with Crippen LogP contribution in [0.2, 0.25) is 0 Å². The molecule has 0 aliphatic carbocycles. The van der Waals surface area contributed by atoms with E-state index < -0.39 is 6.03 Å². The van der Waals surface area contributed by atoms with Gasteiger partial charge in [-0.3, -0.25) is 4.98 Å². The predicted molar refractivity (Wildman–Crippen MR) is 94.6 cm³/mol. The van der Waals surface area contributed by atoms with Crippen molar-refractivity contribution in [2.75, 3.05) is 19.5 Å². The Labute approximate surface area is 150 Å². The van der Waals surface area contributed by atoms with E-state index >= 15 is 0 Å². The molecule has 0 spiro atoms. The first-order chi connectivity index (χ1) is 12.7. The molecule has 26 heavy (non-hydrogen) atoms. The summed E-state index contributed by atoms with van der Waals surface area (Å²) in [5.41, 5.74) is 1.90. The summed E-state index contributed by atoms with van der Waals surface area (Å²) in [6.07, 6.45) is 5.08. The molecular weight excluding hydrogens is 336 g/mol. The highest BCUT2D eigenvalue weighted by molar-refractivity contribution is 5.91. The van der Waals surface area contributed by atoms with Crippen molar-refractivity contribution in [3.63, 3.8) is 0 Å². The summed E-state index contributed by atoms with van der Waals surface area (Å²) in [6, 6.07) is 8.51. The number of pyridine rings is 1. The summed E-state index contributed by atoms with van der Waals surface area (Å²) in [5.74, 6) is 0.984. The molecule has 2 amide bonds. The molecule has 3 rings (SSSR count). The van der Waals surface area contributed by atoms with Crippen molar-refractivity contribution in [1.29, 1.82) is 0 Å². The zero-order chi connectivity index (χ0) is 18.4. The average molecular weight is 354 g/mol. The highest BCUT2D eigenvalue weighted by Gasteiger charge is 2.12. The van der Waals surface area contributed by atoms with E-state index in [0.29, 0.717) is 22.9 Å². The molecule has 0 unspecified atom stereocenters. The van der Waals surface area contributed by atoms with Crippen molar-refractivity contribution in [2.24, 2.45) is 0 Å². The number of hydrogen-bond acceptors (Lipinski definition) is 6. The van der Waals surface area contributed by atoms with E-state index in [1.54, 1.807) is 41.5 Å². The Bertz CT molecular complexity index is 881. The molecule has 0 fully saturated rings. The van der Waals surface area contributed by atoms with Crippen LogP contribution in [0.25, 0.3) is 5.69 Å². The summed E-state index contributed by atoms with van der Waals surface area (Å²) < 4.78 is 12.1. The van der Waals surface area contributed by atoms with Gasteiger partial charge in [0, 0.05) is 6.20 Å². The molecule has 0 bridgehead atoms. The Morgan fingerprint density at radius 2 is 2.08 bits per heavy atom. The zero-order valence-electron chi connectivity index (χ0n) is 14.3. The zero-order valence-corrected chi connectivity index (χ0v) is 14.3. The first kappa shape index (κ1) is 17.2. The molecule has 2 N–H and O–H groups in total. The van der Waals surface area contributed by atoms with Crippen molar-refractivity contribution in [3.8, 4) is 17.2 Å². The normalized spacial score (nSPS) is 10.2. The van der Waals surface area contributed by atoms with Gasteiger partial charge in [0.05, 0.1) is 44.5 Å². The average Bonchev–Trinajstić information content (AvgIpc) is 3.16. The van der Waals surface area contributed by atoms with E-state index in [9.17, 15) is 4.79 Å². The van der Waals surface area contributed by atoms with Gasteiger partial charge < -0.3 is 20.1 Å². The molecule has 1 aromatic carbocycles. The number of nitrogens with one attached hydrogen (secondary N) is 2. The largest absolute Gasteiger partial charge is 0.493 e. The molecule has 9 heteroatoms. The molecule has 9 nitrogen and oxygen atoms in total. The second kappa shape index (κ2) is 7.97. The number of amides is 2. The van der Waals surface area contributed by atoms with Gasteiger partial charge in [-0.2, -0.15) is 0 Å². The van der Waals surface area contributed by atoms with Gasteiger partial charge in [-0.1, -0.05) is 11.3 Å². The molecule has 0 atom stereocenters. The van der Waals surface area contributed by atoms with Crippen LogP contribution in [0.1, 0.15) is 5.69 Å². The standard InChI is InChI=1S/C17H18N6O3/c1-25-15-7-3-6-14(16(15)26-2)20-17(24)19-9-12-11-23(22-21-12)13-5-4-8-18-10-13/h3-8,10-11H,9H2,1-2H3,(H2,19,20,24). The fourth-order valence-electron chi connectivity index (χ4n) is 2.32. The number of hydrogen-bond donors (Lipinski definition) is 2. The van der Waals surface area contributed by atoms with Gasteiger partial charge in [0.2, 0.25) is 0 Å². The van der Waals surface area contributed by atoms with Gasteiger partial charge in [0.25, 0.3) is 0 Å². The Morgan fingerprint density at radius 3 is 2.81 bits per heavy atom. The SMILES string of the molecule is COc1cccc(NC(=O)NCc2cn(-c3cccnc3)nn2)c1OC. The topological polar surface area (TPSA) is 103 Å². The van der Waals surface area contributed by atoms with Crippen LogP contribution in [-0.4, -0.2) is 40.2 Å². The second-order valence-electron chi connectivity index (χ2n) is 5.21. The number of rotatable bonds is 6. The maximum atomic E-state index is 12.1. The smallest absolute Gasteiger partial charge is 0.319 e. The van der Waals surface area contributed by atoms with Crippen molar-refractivity contribution in [3.05, 3.63) is 54.6 Å². The van der Waals surface area contributed by atoms with Gasteiger partial charge in [0.15, 0.2) is 11.5 Å². The Kier molecular flexibility index (Phi) is 5.28. The van der Waals surface area contributed by atoms with Gasteiger partial charge in [-0.05, 0) is 24.3 Å². The minimum atomic E-state index is -0.396. The first-order valence-corrected chi connectivity index (χ1v) is 7.78. The highest BCUT2D eigenvalue weighted by Crippen LogP contribution is 2.34. The van der Waals surface area contributed by atoms with Gasteiger partial charge in [-0.25, -0.2) is 9.48 Å². The van der Waals surface area contributed by atoms with Crippen LogP contribution in [0.15, 0.2) is 48.9 Å². The molecule has 2 heterocycles. The van der Waals surface area contributed by atoms with E-state index in [1.165, 1.54) is 14.2 Å². The molecule has 0 aliphatic heterocycles. The fourth-order valence-corrected chi connectivity index (χ4v) is 2.32. The van der Waals surface area contributed by atoms with Crippen molar-refractivity contribution >= 4 is 11.7 Å². The van der Waals surface area contributed by atoms with Crippen LogP contribution in [0.3, 0.4) is 0 Å². The molecule has 134 valence electrons. The van der Waals surface area contributed by atoms with E-state index in [0.717, 1.165) is 5.69 Å². The number of methoxy groups -OCH3 is 2. The molecule has 0 aliphatic rings. The maximum Gasteiger partial charge on any atom is 0.319 e. The van der Waals surface area contributed by atoms with Gasteiger partial charge >= 0.3 is 6.03 Å². The molecular formula is C17H18N6O3. The van der Waals surface area contributed by atoms with Crippen molar-refractivity contribution in [1.82, 2.24) is 25.3 Å². The highest BCUT2D eigenvalue weighted by atomic mass is 16.5. The lowest BCUT2D eigenvalue weighted by molar-refractivity contribution is 0.251. The minimum absolute atomic E-state index is 0.221. The Hall–Kier alpha value is -3.62. The number of aromatic nitrogens is 4. The quantitative estimate of drug-likeness (QED) is 0.702. The van der Waals surface area contributed by atoms with Crippen molar-refractivity contribution < 1.29 is 14.3 Å². The van der Waals surface area contributed by atoms with Crippen LogP contribution in [0.4, 0.5) is 10.5 Å². The fraction of sp³-hybridized carbons (Fsp3) is 0.176. The lowest BCUT2D eigenvalue weighted by Gasteiger charge is -2.13. The molecule has 0 saturated heterocycles. The number of para-hydroxylation sites is 1. The van der Waals surface area contributed by atoms with Crippen LogP contribution in [-0.2, 0) is 6.54 Å². The summed E-state index contributed by atoms with van der Waals surface area (Å²) in [5, 5.41) is 13.5. The van der Waals surface area contributed by atoms with Gasteiger partial charge in [-0.15, -0.1) is 5.10 Å². The third-order valence-electron chi connectivity index (χ3n) is 3.53. The van der Waals surface area contributed by atoms with E-state index in [4.69, 9.17) is 9.47 Å². The molecule has 2 aromatic heterocycles. The number of carbonyl (C=O) groups excluding carboxylic acids is 1. The summed E-state index contributed by atoms with van der Waals surface area (Å²) in [7, 11) is 3.05. The summed E-state index contributed by atoms with van der Waals surface area (Å²) >= 11 is 0. The van der Waals surface area contributed by atoms with E-state index in [1.807, 2.05) is 12.1 Å². The molecule has 0 radical (unpaired) electrons. The predicted octanol–water partition coefficient (Wildman–Crippen LogP) is 2.00. The summed E-state index contributed by atoms with van der Waals surface area (Å²) in [4.78, 5) is 16.2. The van der Waals surface area contributed by atoms with Gasteiger partial charge in [0.1, 0.15) is 5.69 Å². The van der Waals surface area contributed by atoms with Crippen LogP contribution in [0.5, 0.6) is 11.5 Å². The number of urea groups is 1. The number of anilines is 1. The van der Waals surface area contributed by atoms with Crippen LogP contribution in [0, 0.1) is 0 Å². The Morgan fingerprint density at radius 1 is 1.19 bits per heavy atom. The first-order valence-electron chi connectivity index (χ1n) is 7.78. The van der Waals surface area contributed by atoms with Crippen LogP contribution >= 0.6 is 0 Å². The van der Waals surface area contributed by atoms with E-state index in [2.05, 4.69) is 25.9 Å². The van der Waals surface area contributed by atoms with Crippen molar-refractivity contribution in [2.45, 2.75) is 6.54 Å². The number of nitrogens with zero attached hydrogens (tertiary/aromatic N) is 4. The lowest BCUT2D eigenvalue weighted by Crippen LogP contribution is -2.28. The lowest BCUT2D eigenvalue weighted by atomic mass is 10.2. The monoisotopic (exact) mass is 354 g/mol. The maximum absolute atomic E-state index is 12.1. The minimum Gasteiger partial charge on any atom is -0.493 e. The third kappa shape index (κ3) is 3.89. The third-order valence-corrected chi connectivity index (χ3v) is 3.53. The number of benzene rings is 1. The summed E-state index contributed by atoms with van der Waals surface area (Å²) in [6.45, 7) is 0.221. The number of ether oxygens (including phenoxy) is 2. The van der Waals surface area contributed by atoms with E-state index in [-0.39, 0.29) is 6.54 Å². The Balaban J connectivity index is 1.61.